The Morgan fingerprint density at radius 1 is 1.28 bits per heavy atom. The standard InChI is InChI=1S/C13H10Cl2F3N3O3S/c1-21-5-9(12(22)20-25(23,24)6-13(16,17)18)19-11(21)10-7(14)3-2-4-8(10)15/h2-5H,6H2,1H3,(H,20,22). The summed E-state index contributed by atoms with van der Waals surface area (Å²) in [5.41, 5.74) is -0.107. The van der Waals surface area contributed by atoms with Crippen molar-refractivity contribution < 1.29 is 26.4 Å². The molecule has 0 aliphatic rings. The van der Waals surface area contributed by atoms with Gasteiger partial charge in [-0.15, -0.1) is 0 Å². The van der Waals surface area contributed by atoms with Crippen molar-refractivity contribution in [1.29, 1.82) is 0 Å². The van der Waals surface area contributed by atoms with E-state index in [0.29, 0.717) is 5.56 Å². The van der Waals surface area contributed by atoms with E-state index in [0.717, 1.165) is 6.20 Å². The molecule has 0 spiro atoms. The van der Waals surface area contributed by atoms with Gasteiger partial charge in [0.05, 0.1) is 15.6 Å². The molecule has 136 valence electrons. The third-order valence-corrected chi connectivity index (χ3v) is 4.73. The highest BCUT2D eigenvalue weighted by Crippen LogP contribution is 2.33. The van der Waals surface area contributed by atoms with Gasteiger partial charge in [-0.2, -0.15) is 13.2 Å². The lowest BCUT2D eigenvalue weighted by Crippen LogP contribution is -2.37. The quantitative estimate of drug-likeness (QED) is 0.831. The Bertz CT molecular complexity index is 906. The molecule has 2 aromatic rings. The molecule has 12 heteroatoms. The molecule has 0 bridgehead atoms. The summed E-state index contributed by atoms with van der Waals surface area (Å²) >= 11 is 12.1. The van der Waals surface area contributed by atoms with Gasteiger partial charge in [-0.3, -0.25) is 4.79 Å². The first kappa shape index (κ1) is 19.5. The topological polar surface area (TPSA) is 81.1 Å². The van der Waals surface area contributed by atoms with E-state index in [2.05, 4.69) is 4.98 Å². The lowest BCUT2D eigenvalue weighted by Gasteiger charge is -2.08. The van der Waals surface area contributed by atoms with Crippen molar-refractivity contribution in [3.63, 3.8) is 0 Å². The molecule has 0 unspecified atom stereocenters. The Morgan fingerprint density at radius 2 is 1.84 bits per heavy atom. The fourth-order valence-electron chi connectivity index (χ4n) is 1.96. The Kier molecular flexibility index (Phi) is 5.35. The van der Waals surface area contributed by atoms with Crippen molar-refractivity contribution in [2.45, 2.75) is 6.18 Å². The Hall–Kier alpha value is -1.78. The van der Waals surface area contributed by atoms with Crippen LogP contribution in [0.5, 0.6) is 0 Å². The number of hydrogen-bond acceptors (Lipinski definition) is 4. The number of nitrogens with one attached hydrogen (secondary N) is 1. The normalized spacial score (nSPS) is 12.2. The van der Waals surface area contributed by atoms with Crippen LogP contribution in [0.25, 0.3) is 11.4 Å². The molecule has 0 atom stereocenters. The second kappa shape index (κ2) is 6.85. The average Bonchev–Trinajstić information content (AvgIpc) is 2.77. The highest BCUT2D eigenvalue weighted by Gasteiger charge is 2.36. The van der Waals surface area contributed by atoms with Crippen molar-refractivity contribution in [1.82, 2.24) is 14.3 Å². The summed E-state index contributed by atoms with van der Waals surface area (Å²) in [6.45, 7) is 0. The largest absolute Gasteiger partial charge is 0.404 e. The Labute approximate surface area is 150 Å². The van der Waals surface area contributed by atoms with Gasteiger partial charge in [-0.25, -0.2) is 18.1 Å². The fraction of sp³-hybridized carbons (Fsp3) is 0.231. The molecule has 0 saturated carbocycles. The van der Waals surface area contributed by atoms with Crippen LogP contribution in [0.2, 0.25) is 10.0 Å². The molecular formula is C13H10Cl2F3N3O3S. The number of halogens is 5. The van der Waals surface area contributed by atoms with Crippen LogP contribution < -0.4 is 4.72 Å². The second-order valence-corrected chi connectivity index (χ2v) is 7.50. The summed E-state index contributed by atoms with van der Waals surface area (Å²) < 4.78 is 62.0. The maximum atomic E-state index is 12.2. The minimum atomic E-state index is -4.98. The second-order valence-electron chi connectivity index (χ2n) is 4.96. The van der Waals surface area contributed by atoms with E-state index in [-0.39, 0.29) is 15.9 Å². The van der Waals surface area contributed by atoms with Crippen molar-refractivity contribution in [3.05, 3.63) is 40.1 Å². The minimum absolute atomic E-state index is 0.147. The number of sulfonamides is 1. The van der Waals surface area contributed by atoms with E-state index in [1.165, 1.54) is 28.5 Å². The number of imidazole rings is 1. The first-order chi connectivity index (χ1) is 11.4. The summed E-state index contributed by atoms with van der Waals surface area (Å²) in [6.07, 6.45) is -3.83. The van der Waals surface area contributed by atoms with Crippen molar-refractivity contribution in [2.75, 3.05) is 5.75 Å². The van der Waals surface area contributed by atoms with Crippen LogP contribution >= 0.6 is 23.2 Å². The highest BCUT2D eigenvalue weighted by atomic mass is 35.5. The molecule has 1 aromatic heterocycles. The number of aryl methyl sites for hydroxylation is 1. The zero-order chi connectivity index (χ0) is 19.0. The zero-order valence-electron chi connectivity index (χ0n) is 12.4. The predicted molar refractivity (Wildman–Crippen MR) is 86.0 cm³/mol. The molecule has 1 amide bonds. The molecule has 1 aromatic carbocycles. The average molecular weight is 416 g/mol. The van der Waals surface area contributed by atoms with Crippen LogP contribution in [0.1, 0.15) is 10.5 Å². The maximum Gasteiger partial charge on any atom is 0.404 e. The minimum Gasteiger partial charge on any atom is -0.333 e. The number of nitrogens with zero attached hydrogens (tertiary/aromatic N) is 2. The number of hydrogen-bond donors (Lipinski definition) is 1. The summed E-state index contributed by atoms with van der Waals surface area (Å²) in [4.78, 5) is 15.8. The lowest BCUT2D eigenvalue weighted by molar-refractivity contribution is -0.106. The highest BCUT2D eigenvalue weighted by molar-refractivity contribution is 7.90. The molecule has 0 fully saturated rings. The van der Waals surface area contributed by atoms with Gasteiger partial charge in [0, 0.05) is 13.2 Å². The van der Waals surface area contributed by atoms with Gasteiger partial charge in [0.1, 0.15) is 11.5 Å². The van der Waals surface area contributed by atoms with Gasteiger partial charge >= 0.3 is 6.18 Å². The molecule has 0 radical (unpaired) electrons. The van der Waals surface area contributed by atoms with Crippen LogP contribution in [0, 0.1) is 0 Å². The number of amides is 1. The number of alkyl halides is 3. The Balaban J connectivity index is 2.33. The smallest absolute Gasteiger partial charge is 0.333 e. The van der Waals surface area contributed by atoms with Gasteiger partial charge in [-0.1, -0.05) is 29.3 Å². The van der Waals surface area contributed by atoms with Crippen LogP contribution in [0.15, 0.2) is 24.4 Å². The van der Waals surface area contributed by atoms with Gasteiger partial charge < -0.3 is 4.57 Å². The van der Waals surface area contributed by atoms with Crippen LogP contribution in [0.4, 0.5) is 13.2 Å². The van der Waals surface area contributed by atoms with Crippen molar-refractivity contribution >= 4 is 39.1 Å². The number of aromatic nitrogens is 2. The van der Waals surface area contributed by atoms with Crippen molar-refractivity contribution in [2.24, 2.45) is 7.05 Å². The predicted octanol–water partition coefficient (Wildman–Crippen LogP) is 3.02. The summed E-state index contributed by atoms with van der Waals surface area (Å²) in [7, 11) is -3.41. The molecule has 0 saturated heterocycles. The van der Waals surface area contributed by atoms with E-state index < -0.39 is 33.6 Å². The zero-order valence-corrected chi connectivity index (χ0v) is 14.8. The monoisotopic (exact) mass is 415 g/mol. The first-order valence-corrected chi connectivity index (χ1v) is 8.90. The molecule has 6 nitrogen and oxygen atoms in total. The van der Waals surface area contributed by atoms with Crippen LogP contribution in [-0.2, 0) is 17.1 Å². The molecular weight excluding hydrogens is 406 g/mol. The first-order valence-electron chi connectivity index (χ1n) is 6.49. The fourth-order valence-corrected chi connectivity index (χ4v) is 3.42. The molecule has 1 heterocycles. The van der Waals surface area contributed by atoms with Gasteiger partial charge in [0.15, 0.2) is 5.75 Å². The summed E-state index contributed by atoms with van der Waals surface area (Å²) in [5.74, 6) is -3.33. The third-order valence-electron chi connectivity index (χ3n) is 2.90. The van der Waals surface area contributed by atoms with Crippen LogP contribution in [-0.4, -0.2) is 35.8 Å². The van der Waals surface area contributed by atoms with E-state index in [4.69, 9.17) is 23.2 Å². The lowest BCUT2D eigenvalue weighted by atomic mass is 10.2. The molecule has 2 rings (SSSR count). The molecule has 0 aliphatic heterocycles. The van der Waals surface area contributed by atoms with E-state index in [1.54, 1.807) is 6.07 Å². The molecule has 1 N–H and O–H groups in total. The SMILES string of the molecule is Cn1cc(C(=O)NS(=O)(=O)CC(F)(F)F)nc1-c1c(Cl)cccc1Cl. The summed E-state index contributed by atoms with van der Waals surface area (Å²) in [5, 5.41) is 0.468. The number of carbonyl (C=O) groups is 1. The van der Waals surface area contributed by atoms with Gasteiger partial charge in [0.25, 0.3) is 5.91 Å². The number of rotatable bonds is 4. The van der Waals surface area contributed by atoms with E-state index in [9.17, 15) is 26.4 Å². The van der Waals surface area contributed by atoms with Gasteiger partial charge in [-0.05, 0) is 12.1 Å². The molecule has 0 aliphatic carbocycles. The van der Waals surface area contributed by atoms with Crippen molar-refractivity contribution in [3.8, 4) is 11.4 Å². The summed E-state index contributed by atoms with van der Waals surface area (Å²) in [6, 6.07) is 4.66. The number of benzene rings is 1. The maximum absolute atomic E-state index is 12.2. The van der Waals surface area contributed by atoms with Gasteiger partial charge in [0.2, 0.25) is 10.0 Å². The Morgan fingerprint density at radius 3 is 2.36 bits per heavy atom. The number of carbonyl (C=O) groups excluding carboxylic acids is 1. The van der Waals surface area contributed by atoms with E-state index in [1.807, 2.05) is 0 Å². The van der Waals surface area contributed by atoms with Crippen LogP contribution in [0.3, 0.4) is 0 Å². The third kappa shape index (κ3) is 4.86. The molecule has 25 heavy (non-hydrogen) atoms. The van der Waals surface area contributed by atoms with E-state index >= 15 is 0 Å².